The molecule has 0 bridgehead atoms. The van der Waals surface area contributed by atoms with Crippen LogP contribution in [0.5, 0.6) is 0 Å². The number of rotatable bonds is 22. The van der Waals surface area contributed by atoms with E-state index >= 15 is 0 Å². The molecule has 34 heavy (non-hydrogen) atoms. The van der Waals surface area contributed by atoms with Crippen LogP contribution in [0, 0.1) is 17.8 Å². The van der Waals surface area contributed by atoms with Crippen LogP contribution in [-0.2, 0) is 14.4 Å². The lowest BCUT2D eigenvalue weighted by molar-refractivity contribution is -0.934. The maximum Gasteiger partial charge on any atom is 0.311 e. The Morgan fingerprint density at radius 2 is 0.971 bits per heavy atom. The smallest absolute Gasteiger partial charge is 0.311 e. The van der Waals surface area contributed by atoms with Crippen molar-refractivity contribution in [3.63, 3.8) is 0 Å². The van der Waals surface area contributed by atoms with Crippen molar-refractivity contribution in [1.82, 2.24) is 0 Å². The monoisotopic (exact) mass is 484 g/mol. The van der Waals surface area contributed by atoms with Crippen LogP contribution in [0.15, 0.2) is 12.2 Å². The average molecular weight is 485 g/mol. The van der Waals surface area contributed by atoms with E-state index in [0.29, 0.717) is 6.54 Å². The molecule has 0 saturated heterocycles. The third kappa shape index (κ3) is 15.1. The number of carbonyl (C=O) groups is 3. The third-order valence-electron chi connectivity index (χ3n) is 6.64. The van der Waals surface area contributed by atoms with Crippen molar-refractivity contribution in [2.75, 3.05) is 26.2 Å². The normalized spacial score (nSPS) is 16.1. The maximum atomic E-state index is 11.6. The molecule has 7 nitrogen and oxygen atoms in total. The Kier molecular flexibility index (Phi) is 17.4. The van der Waals surface area contributed by atoms with Crippen molar-refractivity contribution < 1.29 is 34.2 Å². The van der Waals surface area contributed by atoms with Gasteiger partial charge in [0.2, 0.25) is 0 Å². The second-order valence-electron chi connectivity index (χ2n) is 10.2. The lowest BCUT2D eigenvalue weighted by Crippen LogP contribution is -2.57. The van der Waals surface area contributed by atoms with Gasteiger partial charge in [-0.2, -0.15) is 0 Å². The predicted octanol–water partition coefficient (Wildman–Crippen LogP) is 5.83. The lowest BCUT2D eigenvalue weighted by atomic mass is 10.0. The van der Waals surface area contributed by atoms with Crippen molar-refractivity contribution in [2.24, 2.45) is 17.8 Å². The van der Waals surface area contributed by atoms with E-state index in [0.717, 1.165) is 19.3 Å². The summed E-state index contributed by atoms with van der Waals surface area (Å²) in [6.45, 7) is 8.30. The molecule has 3 unspecified atom stereocenters. The number of hydrogen-bond donors (Lipinski definition) is 3. The number of carboxylic acid groups (broad SMARTS) is 3. The molecule has 3 N–H and O–H groups in total. The van der Waals surface area contributed by atoms with E-state index in [9.17, 15) is 29.7 Å². The van der Waals surface area contributed by atoms with Crippen LogP contribution in [0.3, 0.4) is 0 Å². The van der Waals surface area contributed by atoms with Gasteiger partial charge in [-0.05, 0) is 40.0 Å². The Morgan fingerprint density at radius 3 is 1.35 bits per heavy atom. The number of unbranched alkanes of at least 4 members (excludes halogenated alkanes) is 9. The SMILES string of the molecule is CCCCCCCCCC/C=C/CCC[N+](CC(C)C(=O)O)(CC(C)C(=O)O)CC(C)C(=O)O. The maximum absolute atomic E-state index is 11.6. The van der Waals surface area contributed by atoms with E-state index < -0.39 is 35.7 Å². The number of hydrogen-bond acceptors (Lipinski definition) is 3. The summed E-state index contributed by atoms with van der Waals surface area (Å²) in [7, 11) is 0. The molecular formula is C27H50NO6+. The zero-order valence-corrected chi connectivity index (χ0v) is 22.0. The summed E-state index contributed by atoms with van der Waals surface area (Å²) >= 11 is 0. The molecule has 0 spiro atoms. The van der Waals surface area contributed by atoms with Gasteiger partial charge in [0.15, 0.2) is 0 Å². The van der Waals surface area contributed by atoms with Gasteiger partial charge in [-0.15, -0.1) is 0 Å². The first kappa shape index (κ1) is 32.1. The fourth-order valence-corrected chi connectivity index (χ4v) is 4.65. The van der Waals surface area contributed by atoms with Crippen LogP contribution in [0.2, 0.25) is 0 Å². The number of allylic oxidation sites excluding steroid dienone is 2. The minimum absolute atomic E-state index is 0.195. The van der Waals surface area contributed by atoms with Gasteiger partial charge in [0, 0.05) is 6.42 Å². The summed E-state index contributed by atoms with van der Waals surface area (Å²) in [5.41, 5.74) is 0. The predicted molar refractivity (Wildman–Crippen MR) is 136 cm³/mol. The Morgan fingerprint density at radius 1 is 0.618 bits per heavy atom. The van der Waals surface area contributed by atoms with Gasteiger partial charge >= 0.3 is 17.9 Å². The van der Waals surface area contributed by atoms with Crippen LogP contribution in [-0.4, -0.2) is 63.9 Å². The van der Waals surface area contributed by atoms with Gasteiger partial charge in [0.05, 0.1) is 26.2 Å². The third-order valence-corrected chi connectivity index (χ3v) is 6.64. The molecule has 0 radical (unpaired) electrons. The van der Waals surface area contributed by atoms with Crippen LogP contribution >= 0.6 is 0 Å². The van der Waals surface area contributed by atoms with Crippen LogP contribution in [0.1, 0.15) is 98.3 Å². The van der Waals surface area contributed by atoms with Gasteiger partial charge in [0.1, 0.15) is 17.8 Å². The molecule has 3 atom stereocenters. The molecule has 0 rings (SSSR count). The Bertz CT molecular complexity index is 563. The number of quaternary nitrogens is 1. The molecular weight excluding hydrogens is 434 g/mol. The zero-order chi connectivity index (χ0) is 26.0. The topological polar surface area (TPSA) is 112 Å². The molecule has 0 aromatic carbocycles. The second-order valence-corrected chi connectivity index (χ2v) is 10.2. The van der Waals surface area contributed by atoms with E-state index in [-0.39, 0.29) is 24.1 Å². The molecule has 0 aliphatic carbocycles. The van der Waals surface area contributed by atoms with Gasteiger partial charge in [-0.1, -0.05) is 64.0 Å². The number of carboxylic acids is 3. The minimum Gasteiger partial charge on any atom is -0.481 e. The first-order chi connectivity index (χ1) is 16.0. The average Bonchev–Trinajstić information content (AvgIpc) is 2.76. The van der Waals surface area contributed by atoms with Crippen LogP contribution in [0.25, 0.3) is 0 Å². The molecule has 0 saturated carbocycles. The highest BCUT2D eigenvalue weighted by molar-refractivity contribution is 5.70. The number of aliphatic carboxylic acids is 3. The highest BCUT2D eigenvalue weighted by atomic mass is 16.4. The first-order valence-corrected chi connectivity index (χ1v) is 13.2. The lowest BCUT2D eigenvalue weighted by Gasteiger charge is -2.42. The quantitative estimate of drug-likeness (QED) is 0.101. The molecule has 0 amide bonds. The van der Waals surface area contributed by atoms with Gasteiger partial charge < -0.3 is 19.8 Å². The molecule has 0 heterocycles. The molecule has 0 aliphatic heterocycles. The van der Waals surface area contributed by atoms with E-state index in [1.165, 1.54) is 51.4 Å². The summed E-state index contributed by atoms with van der Waals surface area (Å²) in [4.78, 5) is 34.7. The Hall–Kier alpha value is -1.89. The van der Waals surface area contributed by atoms with Gasteiger partial charge in [-0.25, -0.2) is 0 Å². The van der Waals surface area contributed by atoms with E-state index in [1.54, 1.807) is 20.8 Å². The summed E-state index contributed by atoms with van der Waals surface area (Å²) < 4.78 is 0.195. The highest BCUT2D eigenvalue weighted by Crippen LogP contribution is 2.21. The molecule has 0 aliphatic rings. The molecule has 0 fully saturated rings. The van der Waals surface area contributed by atoms with Crippen molar-refractivity contribution in [2.45, 2.75) is 98.3 Å². The highest BCUT2D eigenvalue weighted by Gasteiger charge is 2.37. The van der Waals surface area contributed by atoms with E-state index in [4.69, 9.17) is 0 Å². The number of nitrogens with zero attached hydrogens (tertiary/aromatic N) is 1. The molecule has 198 valence electrons. The first-order valence-electron chi connectivity index (χ1n) is 13.2. The van der Waals surface area contributed by atoms with Crippen molar-refractivity contribution in [3.8, 4) is 0 Å². The molecule has 0 aromatic rings. The van der Waals surface area contributed by atoms with Crippen molar-refractivity contribution in [1.29, 1.82) is 0 Å². The minimum atomic E-state index is -0.946. The fraction of sp³-hybridized carbons (Fsp3) is 0.815. The van der Waals surface area contributed by atoms with Gasteiger partial charge in [-0.3, -0.25) is 14.4 Å². The summed E-state index contributed by atoms with van der Waals surface area (Å²) in [5, 5.41) is 28.4. The fourth-order valence-electron chi connectivity index (χ4n) is 4.65. The van der Waals surface area contributed by atoms with E-state index in [1.807, 2.05) is 0 Å². The summed E-state index contributed by atoms with van der Waals surface area (Å²) in [5.74, 6) is -4.88. The second kappa shape index (κ2) is 18.4. The molecule has 7 heteroatoms. The Balaban J connectivity index is 4.84. The van der Waals surface area contributed by atoms with Crippen molar-refractivity contribution in [3.05, 3.63) is 12.2 Å². The standard InChI is InChI=1S/C27H49NO6/c1-5-6-7-8-9-10-11-12-13-14-15-16-17-18-28(19-22(2)25(29)30,20-23(3)26(31)32)21-24(4)27(33)34/h14-15,22-24H,5-13,16-21H2,1-4H3,(H2-,29,30,31,32,33,34)/p+1/b15-14+. The summed E-state index contributed by atoms with van der Waals surface area (Å²) in [6, 6.07) is 0. The van der Waals surface area contributed by atoms with Crippen LogP contribution < -0.4 is 0 Å². The summed E-state index contributed by atoms with van der Waals surface area (Å²) in [6.07, 6.45) is 17.3. The zero-order valence-electron chi connectivity index (χ0n) is 22.0. The van der Waals surface area contributed by atoms with Crippen molar-refractivity contribution >= 4 is 17.9 Å². The molecule has 0 aromatic heterocycles. The van der Waals surface area contributed by atoms with E-state index in [2.05, 4.69) is 19.1 Å². The van der Waals surface area contributed by atoms with Crippen LogP contribution in [0.4, 0.5) is 0 Å². The largest absolute Gasteiger partial charge is 0.481 e. The van der Waals surface area contributed by atoms with Gasteiger partial charge in [0.25, 0.3) is 0 Å². The Labute approximate surface area is 206 Å².